The van der Waals surface area contributed by atoms with E-state index in [0.29, 0.717) is 0 Å². The Balaban J connectivity index is 2.16. The number of carbonyl (C=O) groups excluding carboxylic acids is 1. The van der Waals surface area contributed by atoms with E-state index in [1.165, 1.54) is 0 Å². The van der Waals surface area contributed by atoms with Crippen LogP contribution in [0.25, 0.3) is 0 Å². The van der Waals surface area contributed by atoms with Gasteiger partial charge < -0.3 is 15.5 Å². The second-order valence-electron chi connectivity index (χ2n) is 3.03. The van der Waals surface area contributed by atoms with Gasteiger partial charge >= 0.3 is 6.03 Å². The summed E-state index contributed by atoms with van der Waals surface area (Å²) in [4.78, 5) is 13.1. The molecule has 0 aromatic rings. The molecule has 4 heteroatoms. The van der Waals surface area contributed by atoms with Crippen LogP contribution in [0.15, 0.2) is 0 Å². The van der Waals surface area contributed by atoms with Crippen LogP contribution < -0.4 is 10.6 Å². The van der Waals surface area contributed by atoms with Crippen molar-refractivity contribution in [2.45, 2.75) is 12.8 Å². The molecule has 0 spiro atoms. The van der Waals surface area contributed by atoms with Gasteiger partial charge in [-0.1, -0.05) is 0 Å². The van der Waals surface area contributed by atoms with Gasteiger partial charge in [0.2, 0.25) is 0 Å². The molecule has 70 valence electrons. The summed E-state index contributed by atoms with van der Waals surface area (Å²) in [5, 5.41) is 5.89. The maximum absolute atomic E-state index is 11.2. The van der Waals surface area contributed by atoms with Crippen molar-refractivity contribution in [1.29, 1.82) is 0 Å². The van der Waals surface area contributed by atoms with E-state index in [1.807, 2.05) is 11.9 Å². The standard InChI is InChI=1S/C8H17N3O/c1-9-4-2-6-11-7-3-5-10-8(11)12/h9H,2-7H2,1H3,(H,10,12). The monoisotopic (exact) mass is 171 g/mol. The number of hydrogen-bond acceptors (Lipinski definition) is 2. The van der Waals surface area contributed by atoms with Gasteiger partial charge in [0.25, 0.3) is 0 Å². The molecule has 0 atom stereocenters. The highest BCUT2D eigenvalue weighted by Gasteiger charge is 2.15. The summed E-state index contributed by atoms with van der Waals surface area (Å²) >= 11 is 0. The van der Waals surface area contributed by atoms with Crippen LogP contribution in [-0.4, -0.2) is 44.2 Å². The Labute approximate surface area is 73.3 Å². The summed E-state index contributed by atoms with van der Waals surface area (Å²) in [5.41, 5.74) is 0. The molecule has 0 aromatic heterocycles. The molecule has 1 heterocycles. The fraction of sp³-hybridized carbons (Fsp3) is 0.875. The van der Waals surface area contributed by atoms with E-state index in [9.17, 15) is 4.79 Å². The Morgan fingerprint density at radius 2 is 2.50 bits per heavy atom. The van der Waals surface area contributed by atoms with Crippen LogP contribution in [-0.2, 0) is 0 Å². The zero-order valence-electron chi connectivity index (χ0n) is 7.60. The third kappa shape index (κ3) is 2.70. The molecular weight excluding hydrogens is 154 g/mol. The number of rotatable bonds is 4. The molecule has 0 aliphatic carbocycles. The van der Waals surface area contributed by atoms with Crippen LogP contribution in [0.3, 0.4) is 0 Å². The number of amides is 2. The molecule has 0 unspecified atom stereocenters. The first-order valence-electron chi connectivity index (χ1n) is 4.52. The van der Waals surface area contributed by atoms with E-state index in [4.69, 9.17) is 0 Å². The van der Waals surface area contributed by atoms with Crippen LogP contribution in [0.4, 0.5) is 4.79 Å². The second kappa shape index (κ2) is 4.98. The topological polar surface area (TPSA) is 44.4 Å². The lowest BCUT2D eigenvalue weighted by atomic mass is 10.3. The normalized spacial score (nSPS) is 17.8. The Hall–Kier alpha value is -0.770. The minimum absolute atomic E-state index is 0.0948. The Morgan fingerprint density at radius 1 is 1.67 bits per heavy atom. The van der Waals surface area contributed by atoms with Crippen molar-refractivity contribution < 1.29 is 4.79 Å². The maximum Gasteiger partial charge on any atom is 0.317 e. The molecule has 2 N–H and O–H groups in total. The number of nitrogens with zero attached hydrogens (tertiary/aromatic N) is 1. The summed E-state index contributed by atoms with van der Waals surface area (Å²) in [5.74, 6) is 0. The minimum atomic E-state index is 0.0948. The summed E-state index contributed by atoms with van der Waals surface area (Å²) < 4.78 is 0. The summed E-state index contributed by atoms with van der Waals surface area (Å²) in [6.45, 7) is 3.59. The van der Waals surface area contributed by atoms with E-state index >= 15 is 0 Å². The van der Waals surface area contributed by atoms with Crippen molar-refractivity contribution in [3.05, 3.63) is 0 Å². The average molecular weight is 171 g/mol. The maximum atomic E-state index is 11.2. The second-order valence-corrected chi connectivity index (χ2v) is 3.03. The lowest BCUT2D eigenvalue weighted by molar-refractivity contribution is 0.185. The van der Waals surface area contributed by atoms with E-state index < -0.39 is 0 Å². The molecule has 12 heavy (non-hydrogen) atoms. The van der Waals surface area contributed by atoms with Gasteiger partial charge in [0.1, 0.15) is 0 Å². The summed E-state index contributed by atoms with van der Waals surface area (Å²) in [7, 11) is 1.93. The van der Waals surface area contributed by atoms with Crippen molar-refractivity contribution in [3.63, 3.8) is 0 Å². The lowest BCUT2D eigenvalue weighted by Crippen LogP contribution is -2.46. The zero-order valence-corrected chi connectivity index (χ0v) is 7.60. The molecule has 1 saturated heterocycles. The molecule has 0 bridgehead atoms. The molecule has 4 nitrogen and oxygen atoms in total. The first kappa shape index (κ1) is 9.32. The van der Waals surface area contributed by atoms with Crippen LogP contribution in [0.5, 0.6) is 0 Å². The third-order valence-corrected chi connectivity index (χ3v) is 2.02. The smallest absolute Gasteiger partial charge is 0.317 e. The average Bonchev–Trinajstić information content (AvgIpc) is 2.09. The van der Waals surface area contributed by atoms with Gasteiger partial charge in [-0.15, -0.1) is 0 Å². The Bertz CT molecular complexity index is 149. The fourth-order valence-electron chi connectivity index (χ4n) is 1.34. The molecule has 0 saturated carbocycles. The highest BCUT2D eigenvalue weighted by molar-refractivity contribution is 5.74. The largest absolute Gasteiger partial charge is 0.338 e. The highest BCUT2D eigenvalue weighted by atomic mass is 16.2. The van der Waals surface area contributed by atoms with Gasteiger partial charge in [0, 0.05) is 19.6 Å². The molecular formula is C8H17N3O. The first-order valence-corrected chi connectivity index (χ1v) is 4.52. The molecule has 1 rings (SSSR count). The van der Waals surface area contributed by atoms with Crippen LogP contribution in [0, 0.1) is 0 Å². The van der Waals surface area contributed by atoms with Crippen molar-refractivity contribution in [2.24, 2.45) is 0 Å². The van der Waals surface area contributed by atoms with E-state index in [2.05, 4.69) is 10.6 Å². The van der Waals surface area contributed by atoms with Gasteiger partial charge in [0.15, 0.2) is 0 Å². The fourth-order valence-corrected chi connectivity index (χ4v) is 1.34. The number of hydrogen-bond donors (Lipinski definition) is 2. The molecule has 1 aliphatic rings. The van der Waals surface area contributed by atoms with Gasteiger partial charge in [0.05, 0.1) is 0 Å². The van der Waals surface area contributed by atoms with Gasteiger partial charge in [-0.25, -0.2) is 4.79 Å². The van der Waals surface area contributed by atoms with Crippen molar-refractivity contribution in [3.8, 4) is 0 Å². The predicted molar refractivity (Wildman–Crippen MR) is 48.1 cm³/mol. The molecule has 2 amide bonds. The summed E-state index contributed by atoms with van der Waals surface area (Å²) in [6, 6.07) is 0.0948. The van der Waals surface area contributed by atoms with Crippen molar-refractivity contribution in [1.82, 2.24) is 15.5 Å². The first-order chi connectivity index (χ1) is 5.84. The third-order valence-electron chi connectivity index (χ3n) is 2.02. The molecule has 0 radical (unpaired) electrons. The summed E-state index contributed by atoms with van der Waals surface area (Å²) in [6.07, 6.45) is 2.11. The molecule has 1 aliphatic heterocycles. The number of nitrogens with one attached hydrogen (secondary N) is 2. The van der Waals surface area contributed by atoms with E-state index in [-0.39, 0.29) is 6.03 Å². The Morgan fingerprint density at radius 3 is 3.17 bits per heavy atom. The van der Waals surface area contributed by atoms with Gasteiger partial charge in [-0.2, -0.15) is 0 Å². The number of urea groups is 1. The SMILES string of the molecule is CNCCCN1CCCNC1=O. The Kier molecular flexibility index (Phi) is 3.87. The van der Waals surface area contributed by atoms with Crippen LogP contribution >= 0.6 is 0 Å². The van der Waals surface area contributed by atoms with Gasteiger partial charge in [-0.05, 0) is 26.4 Å². The quantitative estimate of drug-likeness (QED) is 0.585. The minimum Gasteiger partial charge on any atom is -0.338 e. The molecule has 0 aromatic carbocycles. The van der Waals surface area contributed by atoms with Gasteiger partial charge in [-0.3, -0.25) is 0 Å². The lowest BCUT2D eigenvalue weighted by Gasteiger charge is -2.27. The van der Waals surface area contributed by atoms with E-state index in [0.717, 1.165) is 39.0 Å². The van der Waals surface area contributed by atoms with Crippen LogP contribution in [0.2, 0.25) is 0 Å². The van der Waals surface area contributed by atoms with Crippen molar-refractivity contribution in [2.75, 3.05) is 33.2 Å². The highest BCUT2D eigenvalue weighted by Crippen LogP contribution is 1.99. The molecule has 1 fully saturated rings. The van der Waals surface area contributed by atoms with E-state index in [1.54, 1.807) is 0 Å². The van der Waals surface area contributed by atoms with Crippen molar-refractivity contribution >= 4 is 6.03 Å². The van der Waals surface area contributed by atoms with Crippen LogP contribution in [0.1, 0.15) is 12.8 Å². The number of carbonyl (C=O) groups is 1. The zero-order chi connectivity index (χ0) is 8.81. The predicted octanol–water partition coefficient (Wildman–Crippen LogP) is 0.0112.